The first-order valence-electron chi connectivity index (χ1n) is 6.75. The highest BCUT2D eigenvalue weighted by Crippen LogP contribution is 2.45. The number of hydrogen-bond acceptors (Lipinski definition) is 3. The lowest BCUT2D eigenvalue weighted by molar-refractivity contribution is -0.0358. The number of thiophene rings is 1. The minimum atomic E-state index is -0.0658. The van der Waals surface area contributed by atoms with Gasteiger partial charge in [0, 0.05) is 12.0 Å². The van der Waals surface area contributed by atoms with Crippen molar-refractivity contribution in [2.75, 3.05) is 13.7 Å². The Morgan fingerprint density at radius 2 is 2.22 bits per heavy atom. The van der Waals surface area contributed by atoms with Gasteiger partial charge >= 0.3 is 0 Å². The first kappa shape index (κ1) is 14.3. The van der Waals surface area contributed by atoms with Crippen molar-refractivity contribution in [2.24, 2.45) is 0 Å². The predicted molar refractivity (Wildman–Crippen MR) is 78.6 cm³/mol. The summed E-state index contributed by atoms with van der Waals surface area (Å²) in [6.45, 7) is 3.19. The molecule has 0 radical (unpaired) electrons. The highest BCUT2D eigenvalue weighted by Gasteiger charge is 2.43. The molecule has 1 aromatic rings. The maximum absolute atomic E-state index is 6.33. The molecular formula is C14H22ClNOS. The first-order chi connectivity index (χ1) is 8.73. The van der Waals surface area contributed by atoms with Crippen LogP contribution < -0.4 is 5.32 Å². The molecule has 1 N–H and O–H groups in total. The van der Waals surface area contributed by atoms with Gasteiger partial charge < -0.3 is 10.1 Å². The van der Waals surface area contributed by atoms with Gasteiger partial charge in [0.15, 0.2) is 0 Å². The van der Waals surface area contributed by atoms with Crippen LogP contribution in [0.3, 0.4) is 0 Å². The molecule has 1 saturated carbocycles. The van der Waals surface area contributed by atoms with E-state index in [1.807, 2.05) is 13.2 Å². The van der Waals surface area contributed by atoms with E-state index in [4.69, 9.17) is 16.3 Å². The molecule has 1 atom stereocenters. The van der Waals surface area contributed by atoms with E-state index in [9.17, 15) is 0 Å². The molecule has 18 heavy (non-hydrogen) atoms. The minimum Gasteiger partial charge on any atom is -0.376 e. The summed E-state index contributed by atoms with van der Waals surface area (Å²) in [6, 6.07) is 2.22. The average molecular weight is 288 g/mol. The van der Waals surface area contributed by atoms with Crippen LogP contribution in [0.5, 0.6) is 0 Å². The van der Waals surface area contributed by atoms with Gasteiger partial charge in [0.25, 0.3) is 0 Å². The Labute approximate surface area is 119 Å². The van der Waals surface area contributed by atoms with E-state index >= 15 is 0 Å². The maximum Gasteiger partial charge on any atom is 0.0881 e. The summed E-state index contributed by atoms with van der Waals surface area (Å²) in [5, 5.41) is 6.59. The predicted octanol–water partition coefficient (Wildman–Crippen LogP) is 4.40. The van der Waals surface area contributed by atoms with E-state index in [0.29, 0.717) is 0 Å². The summed E-state index contributed by atoms with van der Waals surface area (Å²) in [5.41, 5.74) is -0.0658. The Morgan fingerprint density at radius 1 is 1.50 bits per heavy atom. The molecule has 1 aliphatic carbocycles. The van der Waals surface area contributed by atoms with Gasteiger partial charge in [-0.2, -0.15) is 0 Å². The standard InChI is InChI=1S/C14H22ClNOS/c1-3-9-16-13(12-11(15)6-10-18-12)14(17-2)7-4-5-8-14/h6,10,13,16H,3-5,7-9H2,1-2H3. The van der Waals surface area contributed by atoms with Crippen LogP contribution in [-0.2, 0) is 4.74 Å². The molecule has 2 rings (SSSR count). The lowest BCUT2D eigenvalue weighted by atomic mass is 9.90. The summed E-state index contributed by atoms with van der Waals surface area (Å²) in [5.74, 6) is 0. The summed E-state index contributed by atoms with van der Waals surface area (Å²) >= 11 is 8.06. The lowest BCUT2D eigenvalue weighted by Gasteiger charge is -2.36. The summed E-state index contributed by atoms with van der Waals surface area (Å²) in [7, 11) is 1.84. The van der Waals surface area contributed by atoms with Crippen molar-refractivity contribution in [1.29, 1.82) is 0 Å². The van der Waals surface area contributed by atoms with Crippen LogP contribution in [0.25, 0.3) is 0 Å². The van der Waals surface area contributed by atoms with E-state index in [0.717, 1.165) is 30.8 Å². The molecule has 0 aliphatic heterocycles. The van der Waals surface area contributed by atoms with Gasteiger partial charge in [-0.1, -0.05) is 31.4 Å². The van der Waals surface area contributed by atoms with Crippen molar-refractivity contribution < 1.29 is 4.74 Å². The zero-order valence-corrected chi connectivity index (χ0v) is 12.7. The lowest BCUT2D eigenvalue weighted by Crippen LogP contribution is -2.43. The molecule has 0 amide bonds. The molecule has 1 aromatic heterocycles. The molecular weight excluding hydrogens is 266 g/mol. The average Bonchev–Trinajstić information content (AvgIpc) is 3.01. The van der Waals surface area contributed by atoms with Crippen molar-refractivity contribution in [2.45, 2.75) is 50.7 Å². The van der Waals surface area contributed by atoms with E-state index in [1.54, 1.807) is 11.3 Å². The fourth-order valence-corrected chi connectivity index (χ4v) is 4.25. The van der Waals surface area contributed by atoms with Gasteiger partial charge in [0.05, 0.1) is 16.7 Å². The summed E-state index contributed by atoms with van der Waals surface area (Å²) in [4.78, 5) is 1.23. The van der Waals surface area contributed by atoms with Crippen LogP contribution in [-0.4, -0.2) is 19.3 Å². The molecule has 0 saturated heterocycles. The topological polar surface area (TPSA) is 21.3 Å². The fraction of sp³-hybridized carbons (Fsp3) is 0.714. The highest BCUT2D eigenvalue weighted by molar-refractivity contribution is 7.10. The number of methoxy groups -OCH3 is 1. The van der Waals surface area contributed by atoms with Gasteiger partial charge in [-0.05, 0) is 37.3 Å². The molecule has 4 heteroatoms. The zero-order chi connectivity index (χ0) is 13.0. The second-order valence-electron chi connectivity index (χ2n) is 5.00. The molecule has 0 aromatic carbocycles. The van der Waals surface area contributed by atoms with Crippen molar-refractivity contribution >= 4 is 22.9 Å². The Bertz CT molecular complexity index is 374. The Balaban J connectivity index is 2.26. The largest absolute Gasteiger partial charge is 0.376 e. The Hall–Kier alpha value is -0.0900. The van der Waals surface area contributed by atoms with Crippen molar-refractivity contribution in [1.82, 2.24) is 5.32 Å². The fourth-order valence-electron chi connectivity index (χ4n) is 2.90. The molecule has 2 nitrogen and oxygen atoms in total. The van der Waals surface area contributed by atoms with Crippen molar-refractivity contribution in [3.63, 3.8) is 0 Å². The third-order valence-corrected chi connectivity index (χ3v) is 5.31. The second-order valence-corrected chi connectivity index (χ2v) is 6.35. The maximum atomic E-state index is 6.33. The van der Waals surface area contributed by atoms with Crippen LogP contribution in [0, 0.1) is 0 Å². The van der Waals surface area contributed by atoms with Crippen LogP contribution >= 0.6 is 22.9 Å². The highest BCUT2D eigenvalue weighted by atomic mass is 35.5. The third kappa shape index (κ3) is 2.74. The molecule has 0 spiro atoms. The van der Waals surface area contributed by atoms with E-state index < -0.39 is 0 Å². The molecule has 0 bridgehead atoms. The molecule has 102 valence electrons. The van der Waals surface area contributed by atoms with Crippen LogP contribution in [0.15, 0.2) is 11.4 Å². The zero-order valence-electron chi connectivity index (χ0n) is 11.2. The monoisotopic (exact) mass is 287 g/mol. The third-order valence-electron chi connectivity index (χ3n) is 3.89. The van der Waals surface area contributed by atoms with E-state index in [2.05, 4.69) is 17.6 Å². The SMILES string of the molecule is CCCNC(c1sccc1Cl)C1(OC)CCCC1. The number of nitrogens with one attached hydrogen (secondary N) is 1. The smallest absolute Gasteiger partial charge is 0.0881 e. The minimum absolute atomic E-state index is 0.0658. The molecule has 1 aliphatic rings. The van der Waals surface area contributed by atoms with Gasteiger partial charge in [0.2, 0.25) is 0 Å². The Kier molecular flexibility index (Phi) is 5.07. The van der Waals surface area contributed by atoms with E-state index in [1.165, 1.54) is 17.7 Å². The normalized spacial score (nSPS) is 20.2. The number of halogens is 1. The van der Waals surface area contributed by atoms with Gasteiger partial charge in [-0.25, -0.2) is 0 Å². The van der Waals surface area contributed by atoms with Crippen molar-refractivity contribution in [3.8, 4) is 0 Å². The van der Waals surface area contributed by atoms with Crippen LogP contribution in [0.2, 0.25) is 5.02 Å². The molecule has 1 unspecified atom stereocenters. The quantitative estimate of drug-likeness (QED) is 0.837. The van der Waals surface area contributed by atoms with Crippen LogP contribution in [0.4, 0.5) is 0 Å². The van der Waals surface area contributed by atoms with Gasteiger partial charge in [-0.3, -0.25) is 0 Å². The summed E-state index contributed by atoms with van der Waals surface area (Å²) < 4.78 is 5.92. The Morgan fingerprint density at radius 3 is 2.72 bits per heavy atom. The molecule has 1 fully saturated rings. The van der Waals surface area contributed by atoms with Gasteiger partial charge in [-0.15, -0.1) is 11.3 Å². The van der Waals surface area contributed by atoms with E-state index in [-0.39, 0.29) is 11.6 Å². The second kappa shape index (κ2) is 6.38. The molecule has 1 heterocycles. The number of hydrogen-bond donors (Lipinski definition) is 1. The number of ether oxygens (including phenoxy) is 1. The van der Waals surface area contributed by atoms with Crippen molar-refractivity contribution in [3.05, 3.63) is 21.3 Å². The first-order valence-corrected chi connectivity index (χ1v) is 8.00. The van der Waals surface area contributed by atoms with Crippen LogP contribution in [0.1, 0.15) is 49.9 Å². The summed E-state index contributed by atoms with van der Waals surface area (Å²) in [6.07, 6.45) is 5.87. The number of rotatable bonds is 6. The van der Waals surface area contributed by atoms with Gasteiger partial charge in [0.1, 0.15) is 0 Å².